The van der Waals surface area contributed by atoms with Crippen LogP contribution in [0.2, 0.25) is 0 Å². The Morgan fingerprint density at radius 1 is 1.29 bits per heavy atom. The minimum atomic E-state index is -0.511. The van der Waals surface area contributed by atoms with E-state index in [-0.39, 0.29) is 5.78 Å². The first-order valence-electron chi connectivity index (χ1n) is 7.18. The number of hydrogen-bond donors (Lipinski definition) is 0. The first-order chi connectivity index (χ1) is 11.5. The Balaban J connectivity index is 1.85. The van der Waals surface area contributed by atoms with Crippen LogP contribution in [0.15, 0.2) is 39.2 Å². The van der Waals surface area contributed by atoms with Crippen molar-refractivity contribution in [1.82, 2.24) is 20.2 Å². The van der Waals surface area contributed by atoms with Crippen LogP contribution < -0.4 is 0 Å². The maximum atomic E-state index is 12.4. The first-order valence-corrected chi connectivity index (χ1v) is 8.76. The van der Waals surface area contributed by atoms with Gasteiger partial charge in [0.05, 0.1) is 12.1 Å². The third-order valence-corrected chi connectivity index (χ3v) is 5.14. The lowest BCUT2D eigenvalue weighted by molar-refractivity contribution is -0.115. The van der Waals surface area contributed by atoms with Crippen LogP contribution in [0.1, 0.15) is 35.2 Å². The van der Waals surface area contributed by atoms with Gasteiger partial charge in [-0.05, 0) is 39.7 Å². The number of tetrazole rings is 1. The van der Waals surface area contributed by atoms with Crippen LogP contribution in [0.4, 0.5) is 0 Å². The number of carbonyl (C=O) groups is 2. The lowest BCUT2D eigenvalue weighted by Crippen LogP contribution is -2.12. The summed E-state index contributed by atoms with van der Waals surface area (Å²) in [6.45, 7) is 0.337. The number of allylic oxidation sites excluding steroid dienone is 2. The number of aromatic nitrogens is 4. The number of rotatable bonds is 4. The highest BCUT2D eigenvalue weighted by molar-refractivity contribution is 9.11. The minimum Gasteiger partial charge on any atom is -0.427 e. The van der Waals surface area contributed by atoms with Crippen LogP contribution in [0.5, 0.6) is 0 Å². The van der Waals surface area contributed by atoms with Gasteiger partial charge >= 0.3 is 5.97 Å². The Morgan fingerprint density at radius 3 is 2.83 bits per heavy atom. The molecule has 3 rings (SSSR count). The summed E-state index contributed by atoms with van der Waals surface area (Å²) in [7, 11) is 0. The normalized spacial score (nSPS) is 14.4. The van der Waals surface area contributed by atoms with Gasteiger partial charge in [-0.15, -0.1) is 10.2 Å². The fourth-order valence-corrected chi connectivity index (χ4v) is 3.67. The first kappa shape index (κ1) is 17.0. The second-order valence-electron chi connectivity index (χ2n) is 5.17. The standard InChI is InChI=1S/C15H12Br2N4O3/c16-13-5-4-11(14(17)12(13)7-21-19-8-18-20-21)15(23)24-10-3-1-2-9(22)6-10/h4-6,8H,1-3,7H2. The maximum absolute atomic E-state index is 12.4. The van der Waals surface area contributed by atoms with E-state index >= 15 is 0 Å². The summed E-state index contributed by atoms with van der Waals surface area (Å²) in [5, 5.41) is 11.4. The highest BCUT2D eigenvalue weighted by Gasteiger charge is 2.20. The fourth-order valence-electron chi connectivity index (χ4n) is 2.32. The Kier molecular flexibility index (Phi) is 5.20. The SMILES string of the molecule is O=C1C=C(OC(=O)c2ccc(Br)c(Cn3ncnn3)c2Br)CCC1. The Bertz CT molecular complexity index is 818. The van der Waals surface area contributed by atoms with Crippen LogP contribution in [0.3, 0.4) is 0 Å². The quantitative estimate of drug-likeness (QED) is 0.658. The molecule has 0 unspecified atom stereocenters. The molecule has 1 aromatic carbocycles. The fraction of sp³-hybridized carbons (Fsp3) is 0.267. The van der Waals surface area contributed by atoms with E-state index in [0.29, 0.717) is 41.6 Å². The van der Waals surface area contributed by atoms with Gasteiger partial charge in [0.2, 0.25) is 0 Å². The van der Waals surface area contributed by atoms with E-state index in [0.717, 1.165) is 10.0 Å². The lowest BCUT2D eigenvalue weighted by atomic mass is 10.1. The zero-order valence-corrected chi connectivity index (χ0v) is 15.6. The van der Waals surface area contributed by atoms with Crippen LogP contribution in [-0.2, 0) is 16.1 Å². The molecular weight excluding hydrogens is 444 g/mol. The van der Waals surface area contributed by atoms with Gasteiger partial charge in [0.1, 0.15) is 5.76 Å². The van der Waals surface area contributed by atoms with Gasteiger partial charge in [0.15, 0.2) is 12.1 Å². The highest BCUT2D eigenvalue weighted by atomic mass is 79.9. The Hall–Kier alpha value is -1.87. The van der Waals surface area contributed by atoms with E-state index in [1.54, 1.807) is 12.1 Å². The van der Waals surface area contributed by atoms with Crippen LogP contribution >= 0.6 is 31.9 Å². The molecule has 1 aliphatic rings. The predicted molar refractivity (Wildman–Crippen MR) is 91.1 cm³/mol. The van der Waals surface area contributed by atoms with Crippen LogP contribution in [0.25, 0.3) is 0 Å². The summed E-state index contributed by atoms with van der Waals surface area (Å²) >= 11 is 6.90. The number of benzene rings is 1. The zero-order chi connectivity index (χ0) is 17.1. The van der Waals surface area contributed by atoms with Crippen molar-refractivity contribution in [2.75, 3.05) is 0 Å². The number of nitrogens with zero attached hydrogens (tertiary/aromatic N) is 4. The molecule has 1 aromatic heterocycles. The van der Waals surface area contributed by atoms with Gasteiger partial charge in [-0.25, -0.2) is 4.79 Å². The molecule has 0 saturated carbocycles. The summed E-state index contributed by atoms with van der Waals surface area (Å²) in [5.74, 6) is -0.120. The molecule has 0 N–H and O–H groups in total. The summed E-state index contributed by atoms with van der Waals surface area (Å²) in [5.41, 5.74) is 1.16. The number of ether oxygens (including phenoxy) is 1. The molecule has 1 heterocycles. The van der Waals surface area contributed by atoms with E-state index < -0.39 is 5.97 Å². The number of hydrogen-bond acceptors (Lipinski definition) is 6. The van der Waals surface area contributed by atoms with Gasteiger partial charge < -0.3 is 4.74 Å². The summed E-state index contributed by atoms with van der Waals surface area (Å²) < 4.78 is 6.75. The molecule has 0 saturated heterocycles. The number of ketones is 1. The van der Waals surface area contributed by atoms with E-state index in [4.69, 9.17) is 4.74 Å². The van der Waals surface area contributed by atoms with Crippen LogP contribution in [-0.4, -0.2) is 32.0 Å². The molecule has 0 aliphatic heterocycles. The Labute approximate surface area is 154 Å². The van der Waals surface area contributed by atoms with Gasteiger partial charge in [0, 0.05) is 33.4 Å². The largest absolute Gasteiger partial charge is 0.427 e. The molecule has 1 aliphatic carbocycles. The van der Waals surface area contributed by atoms with E-state index in [1.165, 1.54) is 17.2 Å². The molecular formula is C15H12Br2N4O3. The summed E-state index contributed by atoms with van der Waals surface area (Å²) in [4.78, 5) is 25.3. The van der Waals surface area contributed by atoms with Crippen molar-refractivity contribution in [3.8, 4) is 0 Å². The third kappa shape index (κ3) is 3.78. The molecule has 0 spiro atoms. The minimum absolute atomic E-state index is 0.0168. The molecule has 24 heavy (non-hydrogen) atoms. The molecule has 9 heteroatoms. The second kappa shape index (κ2) is 7.35. The molecule has 124 valence electrons. The van der Waals surface area contributed by atoms with Crippen LogP contribution in [0, 0.1) is 0 Å². The summed E-state index contributed by atoms with van der Waals surface area (Å²) in [6.07, 6.45) is 4.52. The van der Waals surface area contributed by atoms with Crippen molar-refractivity contribution in [3.05, 3.63) is 50.4 Å². The van der Waals surface area contributed by atoms with Crippen molar-refractivity contribution in [1.29, 1.82) is 0 Å². The molecule has 0 bridgehead atoms. The van der Waals surface area contributed by atoms with Gasteiger partial charge in [-0.1, -0.05) is 15.9 Å². The van der Waals surface area contributed by atoms with Crippen molar-refractivity contribution in [2.24, 2.45) is 0 Å². The topological polar surface area (TPSA) is 87.0 Å². The highest BCUT2D eigenvalue weighted by Crippen LogP contribution is 2.31. The van der Waals surface area contributed by atoms with E-state index in [2.05, 4.69) is 47.3 Å². The van der Waals surface area contributed by atoms with Gasteiger partial charge in [0.25, 0.3) is 0 Å². The molecule has 0 atom stereocenters. The molecule has 0 radical (unpaired) electrons. The van der Waals surface area contributed by atoms with E-state index in [9.17, 15) is 9.59 Å². The maximum Gasteiger partial charge on any atom is 0.344 e. The van der Waals surface area contributed by atoms with Gasteiger partial charge in [-0.3, -0.25) is 4.79 Å². The average molecular weight is 456 g/mol. The van der Waals surface area contributed by atoms with Crippen molar-refractivity contribution >= 4 is 43.6 Å². The Morgan fingerprint density at radius 2 is 2.12 bits per heavy atom. The molecule has 0 fully saturated rings. The third-order valence-electron chi connectivity index (χ3n) is 3.49. The molecule has 2 aromatic rings. The molecule has 7 nitrogen and oxygen atoms in total. The van der Waals surface area contributed by atoms with Crippen molar-refractivity contribution < 1.29 is 14.3 Å². The lowest BCUT2D eigenvalue weighted by Gasteiger charge is -2.14. The monoisotopic (exact) mass is 454 g/mol. The smallest absolute Gasteiger partial charge is 0.344 e. The summed E-state index contributed by atoms with van der Waals surface area (Å²) in [6, 6.07) is 3.41. The molecule has 0 amide bonds. The second-order valence-corrected chi connectivity index (χ2v) is 6.82. The van der Waals surface area contributed by atoms with Crippen molar-refractivity contribution in [2.45, 2.75) is 25.8 Å². The number of carbonyl (C=O) groups excluding carboxylic acids is 2. The predicted octanol–water partition coefficient (Wildman–Crippen LogP) is 3.04. The number of halogens is 2. The van der Waals surface area contributed by atoms with Crippen molar-refractivity contribution in [3.63, 3.8) is 0 Å². The average Bonchev–Trinajstić information content (AvgIpc) is 3.04. The number of esters is 1. The van der Waals surface area contributed by atoms with E-state index in [1.807, 2.05) is 0 Å². The zero-order valence-electron chi connectivity index (χ0n) is 12.4. The van der Waals surface area contributed by atoms with Gasteiger partial charge in [-0.2, -0.15) is 4.80 Å².